The van der Waals surface area contributed by atoms with Gasteiger partial charge in [0.15, 0.2) is 11.5 Å². The van der Waals surface area contributed by atoms with E-state index in [1.54, 1.807) is 0 Å². The van der Waals surface area contributed by atoms with Crippen LogP contribution in [0.4, 0.5) is 13.2 Å². The number of imidazole rings is 1. The van der Waals surface area contributed by atoms with Gasteiger partial charge in [-0.05, 0) is 6.92 Å². The molecule has 2 aromatic rings. The van der Waals surface area contributed by atoms with E-state index < -0.39 is 11.9 Å². The first-order valence-electron chi connectivity index (χ1n) is 4.49. The summed E-state index contributed by atoms with van der Waals surface area (Å²) >= 11 is 5.61. The third-order valence-corrected chi connectivity index (χ3v) is 2.19. The number of hydrogen-bond donors (Lipinski definition) is 0. The number of nitrogens with zero attached hydrogens (tertiary/aromatic N) is 4. The predicted molar refractivity (Wildman–Crippen MR) is 53.9 cm³/mol. The lowest BCUT2D eigenvalue weighted by Crippen LogP contribution is -2.05. The van der Waals surface area contributed by atoms with Crippen LogP contribution in [0.2, 0.25) is 5.15 Å². The second-order valence-corrected chi connectivity index (χ2v) is 3.63. The number of aryl methyl sites for hydroxylation is 1. The molecule has 8 heteroatoms. The van der Waals surface area contributed by atoms with Gasteiger partial charge in [0.2, 0.25) is 0 Å². The zero-order valence-corrected chi connectivity index (χ0v) is 9.29. The molecule has 0 aliphatic carbocycles. The van der Waals surface area contributed by atoms with E-state index in [0.29, 0.717) is 0 Å². The molecule has 0 amide bonds. The van der Waals surface area contributed by atoms with Gasteiger partial charge in [-0.15, -0.1) is 0 Å². The van der Waals surface area contributed by atoms with Gasteiger partial charge < -0.3 is 0 Å². The topological polar surface area (TPSA) is 43.6 Å². The van der Waals surface area contributed by atoms with Gasteiger partial charge in [-0.2, -0.15) is 13.2 Å². The average molecular weight is 263 g/mol. The van der Waals surface area contributed by atoms with Crippen molar-refractivity contribution in [2.24, 2.45) is 0 Å². The Labute approximate surface area is 99.1 Å². The van der Waals surface area contributed by atoms with E-state index in [0.717, 1.165) is 6.20 Å². The molecule has 17 heavy (non-hydrogen) atoms. The Morgan fingerprint density at radius 2 is 1.94 bits per heavy atom. The lowest BCUT2D eigenvalue weighted by molar-refractivity contribution is -0.141. The quantitative estimate of drug-likeness (QED) is 0.793. The SMILES string of the molecule is Cc1nc(C(F)(F)F)cn1-c1cncc(Cl)n1. The van der Waals surface area contributed by atoms with Crippen LogP contribution < -0.4 is 0 Å². The number of hydrogen-bond acceptors (Lipinski definition) is 3. The number of alkyl halides is 3. The van der Waals surface area contributed by atoms with Crippen LogP contribution in [0, 0.1) is 6.92 Å². The average Bonchev–Trinajstić information content (AvgIpc) is 2.60. The van der Waals surface area contributed by atoms with Crippen molar-refractivity contribution in [1.82, 2.24) is 19.5 Å². The van der Waals surface area contributed by atoms with Crippen LogP contribution >= 0.6 is 11.6 Å². The molecule has 0 saturated heterocycles. The van der Waals surface area contributed by atoms with Crippen LogP contribution in [0.15, 0.2) is 18.6 Å². The predicted octanol–water partition coefficient (Wildman–Crippen LogP) is 2.64. The molecular formula is C9H6ClF3N4. The van der Waals surface area contributed by atoms with E-state index >= 15 is 0 Å². The molecule has 0 atom stereocenters. The number of halogens is 4. The minimum Gasteiger partial charge on any atom is -0.286 e. The molecule has 90 valence electrons. The first kappa shape index (κ1) is 11.8. The summed E-state index contributed by atoms with van der Waals surface area (Å²) < 4.78 is 38.5. The molecule has 0 saturated carbocycles. The Bertz CT molecular complexity index is 549. The normalized spacial score (nSPS) is 11.8. The van der Waals surface area contributed by atoms with E-state index in [9.17, 15) is 13.2 Å². The molecule has 2 heterocycles. The van der Waals surface area contributed by atoms with Crippen molar-refractivity contribution in [3.8, 4) is 5.82 Å². The summed E-state index contributed by atoms with van der Waals surface area (Å²) in [6.45, 7) is 1.44. The van der Waals surface area contributed by atoms with E-state index in [-0.39, 0.29) is 16.8 Å². The molecule has 0 radical (unpaired) electrons. The molecular weight excluding hydrogens is 257 g/mol. The highest BCUT2D eigenvalue weighted by atomic mass is 35.5. The fraction of sp³-hybridized carbons (Fsp3) is 0.222. The third-order valence-electron chi connectivity index (χ3n) is 2.01. The van der Waals surface area contributed by atoms with Gasteiger partial charge in [-0.25, -0.2) is 9.97 Å². The Kier molecular flexibility index (Phi) is 2.78. The van der Waals surface area contributed by atoms with Gasteiger partial charge in [-0.3, -0.25) is 9.55 Å². The standard InChI is InChI=1S/C9H6ClF3N4/c1-5-15-6(9(11,12)13)4-17(5)8-3-14-2-7(10)16-8/h2-4H,1H3. The first-order chi connectivity index (χ1) is 7.88. The molecule has 2 aromatic heterocycles. The molecule has 0 aliphatic heterocycles. The van der Waals surface area contributed by atoms with Crippen LogP contribution in [-0.2, 0) is 6.18 Å². The Hall–Kier alpha value is -1.63. The summed E-state index contributed by atoms with van der Waals surface area (Å²) in [4.78, 5) is 11.0. The summed E-state index contributed by atoms with van der Waals surface area (Å²) in [5, 5.41) is 0.101. The van der Waals surface area contributed by atoms with Gasteiger partial charge in [0.1, 0.15) is 11.0 Å². The van der Waals surface area contributed by atoms with Crippen LogP contribution in [0.3, 0.4) is 0 Å². The van der Waals surface area contributed by atoms with Crippen LogP contribution in [0.5, 0.6) is 0 Å². The lowest BCUT2D eigenvalue weighted by atomic mass is 10.5. The molecule has 0 spiro atoms. The Morgan fingerprint density at radius 1 is 1.24 bits per heavy atom. The van der Waals surface area contributed by atoms with Crippen molar-refractivity contribution in [3.63, 3.8) is 0 Å². The highest BCUT2D eigenvalue weighted by molar-refractivity contribution is 6.29. The fourth-order valence-electron chi connectivity index (χ4n) is 1.29. The van der Waals surface area contributed by atoms with Gasteiger partial charge >= 0.3 is 6.18 Å². The number of aromatic nitrogens is 4. The van der Waals surface area contributed by atoms with E-state index in [1.165, 1.54) is 23.9 Å². The molecule has 0 N–H and O–H groups in total. The third kappa shape index (κ3) is 2.38. The summed E-state index contributed by atoms with van der Waals surface area (Å²) in [5.41, 5.74) is -0.975. The van der Waals surface area contributed by atoms with Crippen LogP contribution in [0.25, 0.3) is 5.82 Å². The monoisotopic (exact) mass is 262 g/mol. The highest BCUT2D eigenvalue weighted by Gasteiger charge is 2.34. The summed E-state index contributed by atoms with van der Waals surface area (Å²) in [6.07, 6.45) is -1.03. The minimum absolute atomic E-state index is 0.101. The summed E-state index contributed by atoms with van der Waals surface area (Å²) in [5.74, 6) is 0.354. The zero-order chi connectivity index (χ0) is 12.6. The maximum absolute atomic E-state index is 12.4. The molecule has 4 nitrogen and oxygen atoms in total. The smallest absolute Gasteiger partial charge is 0.286 e. The molecule has 0 aliphatic rings. The molecule has 0 unspecified atom stereocenters. The second kappa shape index (κ2) is 3.99. The molecule has 0 fully saturated rings. The van der Waals surface area contributed by atoms with Crippen LogP contribution in [-0.4, -0.2) is 19.5 Å². The summed E-state index contributed by atoms with van der Waals surface area (Å²) in [6, 6.07) is 0. The Balaban J connectivity index is 2.50. The van der Waals surface area contributed by atoms with Gasteiger partial charge in [-0.1, -0.05) is 11.6 Å². The molecule has 0 aromatic carbocycles. The van der Waals surface area contributed by atoms with E-state index in [1.807, 2.05) is 0 Å². The summed E-state index contributed by atoms with van der Waals surface area (Å²) in [7, 11) is 0. The molecule has 2 rings (SSSR count). The molecule has 0 bridgehead atoms. The van der Waals surface area contributed by atoms with Crippen molar-refractivity contribution in [2.45, 2.75) is 13.1 Å². The van der Waals surface area contributed by atoms with Crippen molar-refractivity contribution in [1.29, 1.82) is 0 Å². The van der Waals surface area contributed by atoms with Gasteiger partial charge in [0.25, 0.3) is 0 Å². The van der Waals surface area contributed by atoms with E-state index in [4.69, 9.17) is 11.6 Å². The lowest BCUT2D eigenvalue weighted by Gasteiger charge is -2.02. The maximum atomic E-state index is 12.4. The second-order valence-electron chi connectivity index (χ2n) is 3.24. The van der Waals surface area contributed by atoms with Gasteiger partial charge in [0.05, 0.1) is 12.4 Å². The van der Waals surface area contributed by atoms with Crippen molar-refractivity contribution in [2.75, 3.05) is 0 Å². The first-order valence-corrected chi connectivity index (χ1v) is 4.87. The van der Waals surface area contributed by atoms with E-state index in [2.05, 4.69) is 15.0 Å². The largest absolute Gasteiger partial charge is 0.434 e. The highest BCUT2D eigenvalue weighted by Crippen LogP contribution is 2.28. The Morgan fingerprint density at radius 3 is 2.47 bits per heavy atom. The number of rotatable bonds is 1. The van der Waals surface area contributed by atoms with Crippen LogP contribution in [0.1, 0.15) is 11.5 Å². The van der Waals surface area contributed by atoms with Crippen molar-refractivity contribution < 1.29 is 13.2 Å². The van der Waals surface area contributed by atoms with Crippen molar-refractivity contribution in [3.05, 3.63) is 35.3 Å². The zero-order valence-electron chi connectivity index (χ0n) is 8.53. The van der Waals surface area contributed by atoms with Crippen molar-refractivity contribution >= 4 is 11.6 Å². The minimum atomic E-state index is -4.48. The fourth-order valence-corrected chi connectivity index (χ4v) is 1.43. The van der Waals surface area contributed by atoms with Gasteiger partial charge in [0, 0.05) is 6.20 Å². The maximum Gasteiger partial charge on any atom is 0.434 e.